The minimum atomic E-state index is 0.0282. The van der Waals surface area contributed by atoms with Crippen LogP contribution < -0.4 is 5.32 Å². The number of amides is 1. The summed E-state index contributed by atoms with van der Waals surface area (Å²) in [7, 11) is 3.54. The number of nitrogens with one attached hydrogen (secondary N) is 1. The minimum absolute atomic E-state index is 0.0282. The zero-order valence-electron chi connectivity index (χ0n) is 16.0. The Bertz CT molecular complexity index is 560. The number of benzene rings is 1. The number of nitrogens with zero attached hydrogens (tertiary/aromatic N) is 3. The number of likely N-dealkylation sites (N-methyl/N-ethyl adjacent to an activating group) is 1. The highest BCUT2D eigenvalue weighted by atomic mass is 16.2. The van der Waals surface area contributed by atoms with Gasteiger partial charge in [0, 0.05) is 33.7 Å². The molecule has 0 aromatic heterocycles. The van der Waals surface area contributed by atoms with E-state index in [0.29, 0.717) is 11.8 Å². The lowest BCUT2D eigenvalue weighted by Crippen LogP contribution is -2.49. The third-order valence-corrected chi connectivity index (χ3v) is 4.57. The average Bonchev–Trinajstić information content (AvgIpc) is 2.57. The fraction of sp³-hybridized carbons (Fsp3) is 0.600. The molecule has 25 heavy (non-hydrogen) atoms. The van der Waals surface area contributed by atoms with Gasteiger partial charge in [-0.1, -0.05) is 44.2 Å². The fourth-order valence-electron chi connectivity index (χ4n) is 3.35. The first-order chi connectivity index (χ1) is 12.0. The van der Waals surface area contributed by atoms with Gasteiger partial charge in [0.15, 0.2) is 5.96 Å². The van der Waals surface area contributed by atoms with Crippen molar-refractivity contribution in [1.82, 2.24) is 15.1 Å². The van der Waals surface area contributed by atoms with Crippen molar-refractivity contribution in [2.45, 2.75) is 26.7 Å². The molecule has 2 rings (SSSR count). The van der Waals surface area contributed by atoms with E-state index < -0.39 is 0 Å². The lowest BCUT2D eigenvalue weighted by molar-refractivity contribution is -0.127. The zero-order chi connectivity index (χ0) is 18.2. The number of aliphatic imine (C=N–C) groups is 1. The molecule has 5 nitrogen and oxygen atoms in total. The van der Waals surface area contributed by atoms with Gasteiger partial charge in [-0.05, 0) is 30.2 Å². The van der Waals surface area contributed by atoms with Crippen molar-refractivity contribution in [3.63, 3.8) is 0 Å². The molecule has 2 atom stereocenters. The summed E-state index contributed by atoms with van der Waals surface area (Å²) in [5.41, 5.74) is 1.30. The number of piperidine rings is 1. The summed E-state index contributed by atoms with van der Waals surface area (Å²) >= 11 is 0. The smallest absolute Gasteiger partial charge is 0.243 e. The molecule has 5 heteroatoms. The van der Waals surface area contributed by atoms with Crippen LogP contribution in [0.5, 0.6) is 0 Å². The normalized spacial score (nSPS) is 21.1. The van der Waals surface area contributed by atoms with Gasteiger partial charge in [0.1, 0.15) is 6.54 Å². The van der Waals surface area contributed by atoms with E-state index in [4.69, 9.17) is 0 Å². The molecule has 0 spiro atoms. The van der Waals surface area contributed by atoms with E-state index in [0.717, 1.165) is 32.0 Å². The average molecular weight is 345 g/mol. The van der Waals surface area contributed by atoms with Crippen molar-refractivity contribution in [3.05, 3.63) is 35.9 Å². The molecular weight excluding hydrogens is 312 g/mol. The minimum Gasteiger partial charge on any atom is -0.356 e. The van der Waals surface area contributed by atoms with Gasteiger partial charge < -0.3 is 15.1 Å². The van der Waals surface area contributed by atoms with Gasteiger partial charge in [0.2, 0.25) is 5.91 Å². The summed E-state index contributed by atoms with van der Waals surface area (Å²) < 4.78 is 0. The molecular formula is C20H32N4O. The van der Waals surface area contributed by atoms with Crippen molar-refractivity contribution in [1.29, 1.82) is 0 Å². The molecule has 1 aliphatic rings. The van der Waals surface area contributed by atoms with E-state index in [1.54, 1.807) is 19.0 Å². The van der Waals surface area contributed by atoms with E-state index in [1.807, 2.05) is 6.07 Å². The Balaban J connectivity index is 2.00. The van der Waals surface area contributed by atoms with Crippen molar-refractivity contribution >= 4 is 11.9 Å². The highest BCUT2D eigenvalue weighted by Crippen LogP contribution is 2.20. The van der Waals surface area contributed by atoms with Gasteiger partial charge in [0.25, 0.3) is 0 Å². The van der Waals surface area contributed by atoms with Crippen molar-refractivity contribution in [2.75, 3.05) is 40.3 Å². The van der Waals surface area contributed by atoms with Gasteiger partial charge in [-0.25, -0.2) is 4.99 Å². The molecule has 138 valence electrons. The maximum absolute atomic E-state index is 11.9. The number of hydrogen-bond acceptors (Lipinski definition) is 2. The lowest BCUT2D eigenvalue weighted by Gasteiger charge is -2.37. The molecule has 1 aromatic carbocycles. The van der Waals surface area contributed by atoms with Gasteiger partial charge in [-0.3, -0.25) is 4.79 Å². The Morgan fingerprint density at radius 1 is 1.20 bits per heavy atom. The molecule has 0 aliphatic carbocycles. The van der Waals surface area contributed by atoms with Gasteiger partial charge in [0.05, 0.1) is 0 Å². The Hall–Kier alpha value is -2.04. The van der Waals surface area contributed by atoms with Crippen LogP contribution in [-0.4, -0.2) is 61.9 Å². The number of guanidine groups is 1. The predicted molar refractivity (Wildman–Crippen MR) is 104 cm³/mol. The van der Waals surface area contributed by atoms with Gasteiger partial charge in [-0.2, -0.15) is 0 Å². The zero-order valence-corrected chi connectivity index (χ0v) is 16.0. The van der Waals surface area contributed by atoms with E-state index >= 15 is 0 Å². The van der Waals surface area contributed by atoms with E-state index in [2.05, 4.69) is 53.3 Å². The number of carbonyl (C=O) groups is 1. The van der Waals surface area contributed by atoms with Crippen LogP contribution in [0.2, 0.25) is 0 Å². The molecule has 0 saturated carbocycles. The number of rotatable bonds is 5. The third kappa shape index (κ3) is 6.40. The third-order valence-electron chi connectivity index (χ3n) is 4.57. The summed E-state index contributed by atoms with van der Waals surface area (Å²) in [5, 5.41) is 3.48. The standard InChI is InChI=1S/C20H32N4O/c1-16-12-17(2)15-24(14-16)20(22-13-19(25)23(3)4)21-11-10-18-8-6-5-7-9-18/h5-9,16-17H,10-15H2,1-4H3,(H,21,22). The predicted octanol–water partition coefficient (Wildman–Crippen LogP) is 2.24. The SMILES string of the molecule is CC1CC(C)CN(C(=NCC(=O)N(C)C)NCCc2ccccc2)C1. The highest BCUT2D eigenvalue weighted by Gasteiger charge is 2.24. The van der Waals surface area contributed by atoms with Crippen LogP contribution in [0.25, 0.3) is 0 Å². The number of carbonyl (C=O) groups excluding carboxylic acids is 1. The van der Waals surface area contributed by atoms with Gasteiger partial charge >= 0.3 is 0 Å². The van der Waals surface area contributed by atoms with Crippen molar-refractivity contribution < 1.29 is 4.79 Å². The second-order valence-electron chi connectivity index (χ2n) is 7.44. The van der Waals surface area contributed by atoms with E-state index in [1.165, 1.54) is 12.0 Å². The van der Waals surface area contributed by atoms with Crippen LogP contribution in [0.4, 0.5) is 0 Å². The Morgan fingerprint density at radius 3 is 2.44 bits per heavy atom. The molecule has 1 saturated heterocycles. The quantitative estimate of drug-likeness (QED) is 0.658. The van der Waals surface area contributed by atoms with E-state index in [9.17, 15) is 4.79 Å². The summed E-state index contributed by atoms with van der Waals surface area (Å²) in [4.78, 5) is 20.4. The Labute approximate surface area is 152 Å². The maximum Gasteiger partial charge on any atom is 0.243 e. The molecule has 1 aromatic rings. The van der Waals surface area contributed by atoms with Crippen LogP contribution in [0.3, 0.4) is 0 Å². The molecule has 2 unspecified atom stereocenters. The van der Waals surface area contributed by atoms with Crippen molar-refractivity contribution in [2.24, 2.45) is 16.8 Å². The van der Waals surface area contributed by atoms with E-state index in [-0.39, 0.29) is 12.5 Å². The first kappa shape index (κ1) is 19.3. The number of hydrogen-bond donors (Lipinski definition) is 1. The maximum atomic E-state index is 11.9. The monoisotopic (exact) mass is 344 g/mol. The summed E-state index contributed by atoms with van der Waals surface area (Å²) in [6, 6.07) is 10.4. The summed E-state index contributed by atoms with van der Waals surface area (Å²) in [5.74, 6) is 2.19. The van der Waals surface area contributed by atoms with Crippen LogP contribution in [0.1, 0.15) is 25.8 Å². The first-order valence-electron chi connectivity index (χ1n) is 9.23. The lowest BCUT2D eigenvalue weighted by atomic mass is 9.92. The molecule has 1 amide bonds. The molecule has 0 radical (unpaired) electrons. The Kier molecular flexibility index (Phi) is 7.29. The number of likely N-dealkylation sites (tertiary alicyclic amines) is 1. The molecule has 1 aliphatic heterocycles. The summed E-state index contributed by atoms with van der Waals surface area (Å²) in [6.07, 6.45) is 2.20. The fourth-order valence-corrected chi connectivity index (χ4v) is 3.35. The second-order valence-corrected chi connectivity index (χ2v) is 7.44. The summed E-state index contributed by atoms with van der Waals surface area (Å²) in [6.45, 7) is 7.58. The largest absolute Gasteiger partial charge is 0.356 e. The van der Waals surface area contributed by atoms with Crippen LogP contribution >= 0.6 is 0 Å². The Morgan fingerprint density at radius 2 is 1.84 bits per heavy atom. The highest BCUT2D eigenvalue weighted by molar-refractivity contribution is 5.85. The van der Waals surface area contributed by atoms with Crippen LogP contribution in [0, 0.1) is 11.8 Å². The molecule has 0 bridgehead atoms. The molecule has 1 fully saturated rings. The van der Waals surface area contributed by atoms with Crippen LogP contribution in [0.15, 0.2) is 35.3 Å². The molecule has 1 heterocycles. The first-order valence-corrected chi connectivity index (χ1v) is 9.23. The topological polar surface area (TPSA) is 47.9 Å². The van der Waals surface area contributed by atoms with Gasteiger partial charge in [-0.15, -0.1) is 0 Å². The second kappa shape index (κ2) is 9.44. The van der Waals surface area contributed by atoms with Crippen molar-refractivity contribution in [3.8, 4) is 0 Å². The molecule has 1 N–H and O–H groups in total. The van der Waals surface area contributed by atoms with Crippen LogP contribution in [-0.2, 0) is 11.2 Å².